The molecule has 3 rings (SSSR count). The van der Waals surface area contributed by atoms with E-state index in [4.69, 9.17) is 0 Å². The number of rotatable bonds is 16. The molecule has 0 aromatic heterocycles. The molecule has 1 saturated heterocycles. The molecule has 14 heteroatoms. The quantitative estimate of drug-likeness (QED) is 0.112. The Labute approximate surface area is 286 Å². The van der Waals surface area contributed by atoms with Crippen LogP contribution in [0.4, 0.5) is 0 Å². The predicted octanol–water partition coefficient (Wildman–Crippen LogP) is 0.960. The van der Waals surface area contributed by atoms with Crippen molar-refractivity contribution in [2.45, 2.75) is 31.7 Å². The lowest BCUT2D eigenvalue weighted by Gasteiger charge is -2.35. The number of hydrogen-bond acceptors (Lipinski definition) is 10. The lowest BCUT2D eigenvalue weighted by Crippen LogP contribution is -2.51. The van der Waals surface area contributed by atoms with Crippen LogP contribution in [0.2, 0.25) is 0 Å². The molecule has 49 heavy (non-hydrogen) atoms. The van der Waals surface area contributed by atoms with E-state index in [2.05, 4.69) is 5.32 Å². The van der Waals surface area contributed by atoms with Crippen LogP contribution < -0.4 is 5.32 Å². The molecule has 0 saturated carbocycles. The molecule has 0 bridgehead atoms. The Hall–Kier alpha value is -4.50. The Morgan fingerprint density at radius 2 is 1.31 bits per heavy atom. The summed E-state index contributed by atoms with van der Waals surface area (Å²) in [5, 5.41) is 31.9. The molecular formula is C35H47N5O9. The maximum Gasteiger partial charge on any atom is 0.320 e. The van der Waals surface area contributed by atoms with Crippen LogP contribution in [0.5, 0.6) is 0 Å². The van der Waals surface area contributed by atoms with Gasteiger partial charge in [-0.15, -0.1) is 0 Å². The van der Waals surface area contributed by atoms with E-state index in [1.54, 1.807) is 70.2 Å². The van der Waals surface area contributed by atoms with Gasteiger partial charge < -0.3 is 25.4 Å². The fourth-order valence-electron chi connectivity index (χ4n) is 5.83. The van der Waals surface area contributed by atoms with Crippen molar-refractivity contribution in [3.63, 3.8) is 0 Å². The van der Waals surface area contributed by atoms with Gasteiger partial charge in [-0.25, -0.2) is 0 Å². The summed E-state index contributed by atoms with van der Waals surface area (Å²) >= 11 is 0. The average Bonchev–Trinajstić information content (AvgIpc) is 3.07. The number of ketones is 1. The Morgan fingerprint density at radius 1 is 0.755 bits per heavy atom. The SMILES string of the molecule is CC(C(=O)NCCCC(C(=O)O)N1CCN(CC=O)CCN(CC(=O)O)CCN(CC(=O)O)CC1)c1cccc(C(=O)c2ccccc2)c1. The first-order chi connectivity index (χ1) is 23.5. The summed E-state index contributed by atoms with van der Waals surface area (Å²) in [6, 6.07) is 14.9. The first kappa shape index (κ1) is 38.9. The molecule has 1 fully saturated rings. The predicted molar refractivity (Wildman–Crippen MR) is 181 cm³/mol. The molecule has 2 aromatic carbocycles. The summed E-state index contributed by atoms with van der Waals surface area (Å²) in [6.07, 6.45) is 1.33. The van der Waals surface area contributed by atoms with Crippen LogP contribution in [0.1, 0.15) is 47.2 Å². The Balaban J connectivity index is 1.63. The van der Waals surface area contributed by atoms with Gasteiger partial charge in [-0.05, 0) is 31.4 Å². The normalized spacial score (nSPS) is 17.2. The molecule has 14 nitrogen and oxygen atoms in total. The van der Waals surface area contributed by atoms with Crippen LogP contribution in [0.3, 0.4) is 0 Å². The zero-order chi connectivity index (χ0) is 35.8. The van der Waals surface area contributed by atoms with Crippen LogP contribution in [-0.2, 0) is 24.0 Å². The van der Waals surface area contributed by atoms with Crippen molar-refractivity contribution in [3.8, 4) is 0 Å². The monoisotopic (exact) mass is 681 g/mol. The van der Waals surface area contributed by atoms with Crippen LogP contribution in [0.25, 0.3) is 0 Å². The highest BCUT2D eigenvalue weighted by Crippen LogP contribution is 2.19. The summed E-state index contributed by atoms with van der Waals surface area (Å²) in [6.45, 7) is 3.96. The van der Waals surface area contributed by atoms with Crippen LogP contribution in [-0.4, -0.2) is 155 Å². The molecule has 4 N–H and O–H groups in total. The minimum atomic E-state index is -1.05. The number of carbonyl (C=O) groups is 6. The van der Waals surface area contributed by atoms with Crippen LogP contribution in [0.15, 0.2) is 54.6 Å². The maximum atomic E-state index is 13.0. The highest BCUT2D eigenvalue weighted by molar-refractivity contribution is 6.09. The molecule has 0 radical (unpaired) electrons. The zero-order valence-corrected chi connectivity index (χ0v) is 27.9. The zero-order valence-electron chi connectivity index (χ0n) is 27.9. The third kappa shape index (κ3) is 13.1. The summed E-state index contributed by atoms with van der Waals surface area (Å²) in [5.74, 6) is -4.06. The second kappa shape index (κ2) is 20.1. The average molecular weight is 682 g/mol. The minimum absolute atomic E-state index is 0.102. The van der Waals surface area contributed by atoms with E-state index in [0.717, 1.165) is 6.29 Å². The summed E-state index contributed by atoms with van der Waals surface area (Å²) in [4.78, 5) is 79.8. The van der Waals surface area contributed by atoms with Gasteiger partial charge in [-0.3, -0.25) is 43.6 Å². The van der Waals surface area contributed by atoms with E-state index >= 15 is 0 Å². The smallest absolute Gasteiger partial charge is 0.320 e. The molecule has 1 aliphatic rings. The number of hydrogen-bond donors (Lipinski definition) is 4. The second-order valence-electron chi connectivity index (χ2n) is 12.2. The van der Waals surface area contributed by atoms with Gasteiger partial charge in [0, 0.05) is 70.0 Å². The number of amides is 1. The van der Waals surface area contributed by atoms with Crippen molar-refractivity contribution in [1.29, 1.82) is 0 Å². The van der Waals surface area contributed by atoms with Crippen molar-refractivity contribution < 1.29 is 44.1 Å². The molecule has 2 unspecified atom stereocenters. The van der Waals surface area contributed by atoms with Crippen LogP contribution >= 0.6 is 0 Å². The first-order valence-corrected chi connectivity index (χ1v) is 16.5. The third-order valence-electron chi connectivity index (χ3n) is 8.68. The van der Waals surface area contributed by atoms with Gasteiger partial charge in [0.25, 0.3) is 0 Å². The molecule has 2 aromatic rings. The molecule has 2 atom stereocenters. The van der Waals surface area contributed by atoms with E-state index in [1.807, 2.05) is 11.0 Å². The van der Waals surface area contributed by atoms with Gasteiger partial charge in [-0.1, -0.05) is 48.5 Å². The minimum Gasteiger partial charge on any atom is -0.480 e. The van der Waals surface area contributed by atoms with E-state index in [0.29, 0.717) is 49.3 Å². The number of nitrogens with one attached hydrogen (secondary N) is 1. The van der Waals surface area contributed by atoms with Gasteiger partial charge in [0.05, 0.1) is 25.6 Å². The fourth-order valence-corrected chi connectivity index (χ4v) is 5.83. The number of carbonyl (C=O) groups excluding carboxylic acids is 3. The molecule has 1 aliphatic heterocycles. The lowest BCUT2D eigenvalue weighted by atomic mass is 9.95. The highest BCUT2D eigenvalue weighted by Gasteiger charge is 2.28. The largest absolute Gasteiger partial charge is 0.480 e. The number of nitrogens with zero attached hydrogens (tertiary/aromatic N) is 4. The van der Waals surface area contributed by atoms with Crippen molar-refractivity contribution in [2.75, 3.05) is 78.5 Å². The van der Waals surface area contributed by atoms with Gasteiger partial charge in [0.15, 0.2) is 5.78 Å². The van der Waals surface area contributed by atoms with Crippen molar-refractivity contribution in [2.24, 2.45) is 0 Å². The summed E-state index contributed by atoms with van der Waals surface area (Å²) < 4.78 is 0. The van der Waals surface area contributed by atoms with Crippen molar-refractivity contribution in [1.82, 2.24) is 24.9 Å². The maximum absolute atomic E-state index is 13.0. The number of aliphatic carboxylic acids is 3. The molecule has 0 spiro atoms. The Kier molecular flexibility index (Phi) is 16.0. The molecular weight excluding hydrogens is 634 g/mol. The Morgan fingerprint density at radius 3 is 1.88 bits per heavy atom. The standard InChI is InChI=1S/C35H47N5O9/c1-26(28-9-5-10-29(23-28)33(46)27-7-3-2-4-8-27)34(47)36-12-6-11-30(35(48)49)40-19-17-37(21-22-41)13-14-38(24-31(42)43)15-16-39(18-20-40)25-32(44)45/h2-5,7-10,22-23,26,30H,6,11-21,24-25H2,1H3,(H,36,47)(H,42,43)(H,44,45)(H,48,49). The van der Waals surface area contributed by atoms with Gasteiger partial charge in [0.1, 0.15) is 12.3 Å². The van der Waals surface area contributed by atoms with E-state index in [1.165, 1.54) is 0 Å². The van der Waals surface area contributed by atoms with Gasteiger partial charge in [0.2, 0.25) is 5.91 Å². The second-order valence-corrected chi connectivity index (χ2v) is 12.2. The molecule has 266 valence electrons. The Bertz CT molecular complexity index is 1420. The number of carboxylic acid groups (broad SMARTS) is 3. The first-order valence-electron chi connectivity index (χ1n) is 16.5. The summed E-state index contributed by atoms with van der Waals surface area (Å²) in [7, 11) is 0. The lowest BCUT2D eigenvalue weighted by molar-refractivity contribution is -0.144. The van der Waals surface area contributed by atoms with Crippen molar-refractivity contribution >= 4 is 35.9 Å². The topological polar surface area (TPSA) is 188 Å². The molecule has 1 amide bonds. The molecule has 0 aliphatic carbocycles. The fraction of sp³-hybridized carbons (Fsp3) is 0.486. The highest BCUT2D eigenvalue weighted by atomic mass is 16.4. The van der Waals surface area contributed by atoms with Gasteiger partial charge in [-0.2, -0.15) is 0 Å². The third-order valence-corrected chi connectivity index (χ3v) is 8.68. The van der Waals surface area contributed by atoms with E-state index in [-0.39, 0.29) is 70.5 Å². The van der Waals surface area contributed by atoms with Gasteiger partial charge >= 0.3 is 17.9 Å². The van der Waals surface area contributed by atoms with E-state index < -0.39 is 29.9 Å². The number of carboxylic acids is 3. The van der Waals surface area contributed by atoms with Crippen LogP contribution in [0, 0.1) is 0 Å². The molecule has 1 heterocycles. The number of aldehydes is 1. The number of benzene rings is 2. The van der Waals surface area contributed by atoms with Crippen molar-refractivity contribution in [3.05, 3.63) is 71.3 Å². The summed E-state index contributed by atoms with van der Waals surface area (Å²) in [5.41, 5.74) is 1.71. The van der Waals surface area contributed by atoms with E-state index in [9.17, 15) is 44.1 Å².